The highest BCUT2D eigenvalue weighted by Gasteiger charge is 2.69. The summed E-state index contributed by atoms with van der Waals surface area (Å²) in [7, 11) is 0. The molecule has 290 valence electrons. The van der Waals surface area contributed by atoms with E-state index in [-0.39, 0.29) is 0 Å². The van der Waals surface area contributed by atoms with E-state index in [0.717, 1.165) is 0 Å². The molecular formula is C60H32N4+2. The zero-order valence-electron chi connectivity index (χ0n) is 34.3. The second-order valence-corrected chi connectivity index (χ2v) is 18.7. The van der Waals surface area contributed by atoms with Gasteiger partial charge in [0.2, 0.25) is 0 Å². The molecule has 6 heterocycles. The molecule has 2 aliphatic carbocycles. The average molecular weight is 809 g/mol. The smallest absolute Gasteiger partial charge is 0.194 e. The van der Waals surface area contributed by atoms with E-state index in [9.17, 15) is 0 Å². The van der Waals surface area contributed by atoms with E-state index < -0.39 is 11.1 Å². The molecule has 0 saturated carbocycles. The molecule has 10 aromatic carbocycles. The molecule has 0 atom stereocenters. The highest BCUT2D eigenvalue weighted by Crippen LogP contribution is 2.66. The minimum Gasteiger partial charge on any atom is -0.194 e. The van der Waals surface area contributed by atoms with Gasteiger partial charge < -0.3 is 0 Å². The van der Waals surface area contributed by atoms with E-state index in [1.165, 1.54) is 142 Å². The van der Waals surface area contributed by atoms with Gasteiger partial charge in [0.15, 0.2) is 0 Å². The lowest BCUT2D eigenvalue weighted by Gasteiger charge is -2.43. The van der Waals surface area contributed by atoms with Crippen LogP contribution >= 0.6 is 0 Å². The van der Waals surface area contributed by atoms with Crippen LogP contribution in [-0.2, 0) is 11.1 Å². The molecule has 0 unspecified atom stereocenters. The molecule has 4 heteroatoms. The Hall–Kier alpha value is -8.34. The quantitative estimate of drug-likeness (QED) is 0.107. The Balaban J connectivity index is 1.16. The first-order valence-corrected chi connectivity index (χ1v) is 22.5. The molecule has 18 rings (SSSR count). The van der Waals surface area contributed by atoms with Crippen LogP contribution in [-0.4, -0.2) is 8.80 Å². The maximum absolute atomic E-state index is 2.68. The van der Waals surface area contributed by atoms with Gasteiger partial charge in [-0.05, 0) is 65.7 Å². The Labute approximate surface area is 364 Å². The number of hydrogen-bond donors (Lipinski definition) is 0. The molecule has 4 nitrogen and oxygen atoms in total. The van der Waals surface area contributed by atoms with Crippen molar-refractivity contribution < 1.29 is 9.13 Å². The predicted octanol–water partition coefficient (Wildman–Crippen LogP) is 12.6. The summed E-state index contributed by atoms with van der Waals surface area (Å²) in [6.07, 6.45) is 9.54. The molecule has 0 N–H and O–H groups in total. The fourth-order valence-corrected chi connectivity index (χ4v) is 14.6. The minimum atomic E-state index is -0.693. The fraction of sp³-hybridized carbons (Fsp3) is 0.0333. The van der Waals surface area contributed by atoms with Crippen molar-refractivity contribution >= 4 is 97.7 Å². The summed E-state index contributed by atoms with van der Waals surface area (Å²) >= 11 is 0. The molecule has 4 aliphatic rings. The maximum Gasteiger partial charge on any atom is 0.308 e. The van der Waals surface area contributed by atoms with Crippen molar-refractivity contribution in [1.82, 2.24) is 8.80 Å². The van der Waals surface area contributed by atoms with Crippen molar-refractivity contribution in [2.75, 3.05) is 0 Å². The van der Waals surface area contributed by atoms with Crippen LogP contribution in [0.5, 0.6) is 0 Å². The van der Waals surface area contributed by atoms with E-state index in [0.29, 0.717) is 0 Å². The Bertz CT molecular complexity index is 4380. The number of aromatic nitrogens is 4. The molecule has 14 aromatic rings. The number of nitrogens with zero attached hydrogens (tertiary/aromatic N) is 4. The van der Waals surface area contributed by atoms with Crippen LogP contribution in [0.1, 0.15) is 33.4 Å². The Morgan fingerprint density at radius 2 is 0.688 bits per heavy atom. The molecule has 4 aromatic heterocycles. The number of benzene rings is 10. The molecule has 2 spiro atoms. The first kappa shape index (κ1) is 31.5. The van der Waals surface area contributed by atoms with Gasteiger partial charge in [-0.2, -0.15) is 17.9 Å². The van der Waals surface area contributed by atoms with Gasteiger partial charge in [0.1, 0.15) is 35.8 Å². The Morgan fingerprint density at radius 1 is 0.312 bits per heavy atom. The van der Waals surface area contributed by atoms with Gasteiger partial charge in [-0.1, -0.05) is 170 Å². The van der Waals surface area contributed by atoms with Gasteiger partial charge >= 0.3 is 5.66 Å². The fourth-order valence-electron chi connectivity index (χ4n) is 14.6. The number of hydrogen-bond acceptors (Lipinski definition) is 0. The number of pyridine rings is 2. The third kappa shape index (κ3) is 2.92. The van der Waals surface area contributed by atoms with Crippen LogP contribution in [0.15, 0.2) is 195 Å². The molecule has 0 bridgehead atoms. The monoisotopic (exact) mass is 808 g/mol. The zero-order chi connectivity index (χ0) is 40.9. The van der Waals surface area contributed by atoms with Crippen molar-refractivity contribution in [3.8, 4) is 11.1 Å². The van der Waals surface area contributed by atoms with Crippen molar-refractivity contribution in [2.45, 2.75) is 11.1 Å². The third-order valence-electron chi connectivity index (χ3n) is 16.5. The molecule has 2 aliphatic heterocycles. The summed E-state index contributed by atoms with van der Waals surface area (Å²) in [6.45, 7) is 0. The lowest BCUT2D eigenvalue weighted by atomic mass is 9.58. The SMILES string of the molecule is c1ccc2c(c1)-c1ccccc1C21c2ccc3c4c2C2(c5c1ccc1c5c5n(cc[n+]52)c2c5ccccc5c5ccccc5c12)[n+]1ccn(c2c5ccccc5c5ccccc5c32)c41. The van der Waals surface area contributed by atoms with Crippen LogP contribution in [0, 0.1) is 0 Å². The lowest BCUT2D eigenvalue weighted by molar-refractivity contribution is -0.944. The van der Waals surface area contributed by atoms with Gasteiger partial charge in [-0.3, -0.25) is 0 Å². The second kappa shape index (κ2) is 9.97. The number of imidazole rings is 2. The van der Waals surface area contributed by atoms with Crippen molar-refractivity contribution in [3.63, 3.8) is 0 Å². The first-order chi connectivity index (χ1) is 31.8. The highest BCUT2D eigenvalue weighted by molar-refractivity contribution is 6.34. The lowest BCUT2D eigenvalue weighted by Crippen LogP contribution is -2.72. The highest BCUT2D eigenvalue weighted by atomic mass is 15.4. The van der Waals surface area contributed by atoms with E-state index in [1.807, 2.05) is 0 Å². The zero-order valence-corrected chi connectivity index (χ0v) is 34.3. The largest absolute Gasteiger partial charge is 0.308 e. The summed E-state index contributed by atoms with van der Waals surface area (Å²) in [6, 6.07) is 64.9. The normalized spacial score (nSPS) is 15.4. The van der Waals surface area contributed by atoms with Crippen LogP contribution < -0.4 is 9.13 Å². The molecule has 0 fully saturated rings. The van der Waals surface area contributed by atoms with Crippen molar-refractivity contribution in [2.24, 2.45) is 0 Å². The molecule has 0 radical (unpaired) electrons. The second-order valence-electron chi connectivity index (χ2n) is 18.7. The minimum absolute atomic E-state index is 0.549. The van der Waals surface area contributed by atoms with Crippen LogP contribution in [0.3, 0.4) is 0 Å². The standard InChI is InChI=1S/C60H32N4/c1-5-19-39-33(13-1)35-15-3-7-21-41(35)55-49(39)43-25-27-47-53-51(43)57-61(55)29-31-63(57)60(53)54-48(59(47)45-23-11-9-17-37(45)38-18-10-12-24-46(38)59)28-26-44-50-40-20-6-2-14-34(40)36-16-4-8-22-42(36)56(50)62-30-32-64(60)58(62)52(44)54/h1-32H/q+2. The summed E-state index contributed by atoms with van der Waals surface area (Å²) in [5.74, 6) is 0. The van der Waals surface area contributed by atoms with Gasteiger partial charge in [-0.15, -0.1) is 0 Å². The molecular weight excluding hydrogens is 777 g/mol. The summed E-state index contributed by atoms with van der Waals surface area (Å²) in [5, 5.41) is 18.3. The van der Waals surface area contributed by atoms with Gasteiger partial charge in [0.25, 0.3) is 11.3 Å². The molecule has 0 amide bonds. The summed E-state index contributed by atoms with van der Waals surface area (Å²) in [5.41, 5.74) is 14.7. The topological polar surface area (TPSA) is 16.6 Å². The summed E-state index contributed by atoms with van der Waals surface area (Å²) in [4.78, 5) is 0. The van der Waals surface area contributed by atoms with Gasteiger partial charge in [0, 0.05) is 32.3 Å². The van der Waals surface area contributed by atoms with E-state index >= 15 is 0 Å². The first-order valence-electron chi connectivity index (χ1n) is 22.5. The van der Waals surface area contributed by atoms with Crippen molar-refractivity contribution in [1.29, 1.82) is 0 Å². The number of fused-ring (bicyclic) bond motifs is 23. The van der Waals surface area contributed by atoms with Gasteiger partial charge in [-0.25, -0.2) is 0 Å². The maximum atomic E-state index is 2.68. The Morgan fingerprint density at radius 3 is 1.14 bits per heavy atom. The third-order valence-corrected chi connectivity index (χ3v) is 16.5. The van der Waals surface area contributed by atoms with Crippen LogP contribution in [0.2, 0.25) is 0 Å². The molecule has 64 heavy (non-hydrogen) atoms. The average Bonchev–Trinajstić information content (AvgIpc) is 4.18. The van der Waals surface area contributed by atoms with Crippen molar-refractivity contribution in [3.05, 3.63) is 228 Å². The van der Waals surface area contributed by atoms with E-state index in [2.05, 4.69) is 213 Å². The molecule has 0 saturated heterocycles. The Kier molecular flexibility index (Phi) is 4.91. The van der Waals surface area contributed by atoms with Gasteiger partial charge in [0.05, 0.1) is 27.3 Å². The van der Waals surface area contributed by atoms with E-state index in [4.69, 9.17) is 0 Å². The van der Waals surface area contributed by atoms with E-state index in [1.54, 1.807) is 0 Å². The van der Waals surface area contributed by atoms with Crippen LogP contribution in [0.25, 0.3) is 109 Å². The summed E-state index contributed by atoms with van der Waals surface area (Å²) < 4.78 is 10.5. The number of rotatable bonds is 0. The predicted molar refractivity (Wildman–Crippen MR) is 258 cm³/mol. The van der Waals surface area contributed by atoms with Crippen LogP contribution in [0.4, 0.5) is 0 Å².